The van der Waals surface area contributed by atoms with E-state index in [2.05, 4.69) is 97.2 Å². The van der Waals surface area contributed by atoms with Gasteiger partial charge in [-0.15, -0.1) is 0 Å². The van der Waals surface area contributed by atoms with Crippen molar-refractivity contribution in [3.05, 3.63) is 134 Å². The number of pyridine rings is 1. The molecule has 0 aliphatic heterocycles. The fraction of sp³-hybridized carbons (Fsp3) is 0. The first-order valence-electron chi connectivity index (χ1n) is 13.7. The number of imidazole rings is 1. The standard InChI is InChI=1S/C37H22N2O2/c1-2-6-23(7-3-1)26-13-15-33-28(18-26)30-20-31-29-19-27(14-16-34(29)41-36(31)21-35(30)40-33)24-9-11-25(12-10-24)32-22-39-17-5-4-8-37(39)38-32/h1-22H. The summed E-state index contributed by atoms with van der Waals surface area (Å²) in [4.78, 5) is 4.76. The Bertz CT molecular complexity index is 2380. The average Bonchev–Trinajstić information content (AvgIpc) is 3.72. The second-order valence-corrected chi connectivity index (χ2v) is 10.5. The van der Waals surface area contributed by atoms with Crippen molar-refractivity contribution in [2.75, 3.05) is 0 Å². The van der Waals surface area contributed by atoms with E-state index < -0.39 is 0 Å². The number of fused-ring (bicyclic) bond motifs is 7. The zero-order valence-electron chi connectivity index (χ0n) is 21.9. The van der Waals surface area contributed by atoms with Gasteiger partial charge in [0.25, 0.3) is 0 Å². The molecular formula is C37H22N2O2. The van der Waals surface area contributed by atoms with E-state index in [0.29, 0.717) is 0 Å². The fourth-order valence-corrected chi connectivity index (χ4v) is 5.94. The van der Waals surface area contributed by atoms with Crippen molar-refractivity contribution in [2.24, 2.45) is 0 Å². The van der Waals surface area contributed by atoms with Gasteiger partial charge < -0.3 is 13.2 Å². The van der Waals surface area contributed by atoms with E-state index in [4.69, 9.17) is 13.8 Å². The smallest absolute Gasteiger partial charge is 0.139 e. The molecule has 0 saturated heterocycles. The van der Waals surface area contributed by atoms with Gasteiger partial charge in [-0.3, -0.25) is 0 Å². The third kappa shape index (κ3) is 3.51. The highest BCUT2D eigenvalue weighted by atomic mass is 16.3. The number of furan rings is 2. The number of hydrogen-bond donors (Lipinski definition) is 0. The molecule has 4 aromatic heterocycles. The van der Waals surface area contributed by atoms with E-state index in [9.17, 15) is 0 Å². The summed E-state index contributed by atoms with van der Waals surface area (Å²) in [7, 11) is 0. The quantitative estimate of drug-likeness (QED) is 0.230. The summed E-state index contributed by atoms with van der Waals surface area (Å²) >= 11 is 0. The van der Waals surface area contributed by atoms with Crippen molar-refractivity contribution < 1.29 is 8.83 Å². The van der Waals surface area contributed by atoms with Gasteiger partial charge in [-0.05, 0) is 64.7 Å². The number of benzene rings is 5. The summed E-state index contributed by atoms with van der Waals surface area (Å²) in [5, 5.41) is 4.38. The molecule has 4 heteroatoms. The monoisotopic (exact) mass is 526 g/mol. The maximum atomic E-state index is 6.28. The highest BCUT2D eigenvalue weighted by Gasteiger charge is 2.15. The molecule has 192 valence electrons. The van der Waals surface area contributed by atoms with Crippen LogP contribution in [0, 0.1) is 0 Å². The summed E-state index contributed by atoms with van der Waals surface area (Å²) in [6.45, 7) is 0. The van der Waals surface area contributed by atoms with Gasteiger partial charge in [0.2, 0.25) is 0 Å². The Hall–Kier alpha value is -5.61. The molecule has 9 aromatic rings. The van der Waals surface area contributed by atoms with Crippen LogP contribution in [0.5, 0.6) is 0 Å². The predicted octanol–water partition coefficient (Wildman–Crippen LogP) is 10.1. The molecule has 0 aliphatic carbocycles. The molecule has 41 heavy (non-hydrogen) atoms. The van der Waals surface area contributed by atoms with Gasteiger partial charge in [-0.1, -0.05) is 72.8 Å². The Morgan fingerprint density at radius 3 is 1.66 bits per heavy atom. The van der Waals surface area contributed by atoms with Gasteiger partial charge in [0, 0.05) is 45.6 Å². The number of nitrogens with zero attached hydrogens (tertiary/aromatic N) is 2. The molecule has 0 amide bonds. The Labute approximate surface area is 234 Å². The predicted molar refractivity (Wildman–Crippen MR) is 166 cm³/mol. The van der Waals surface area contributed by atoms with Crippen LogP contribution in [0.15, 0.2) is 143 Å². The van der Waals surface area contributed by atoms with Crippen LogP contribution in [0.25, 0.3) is 83.0 Å². The molecule has 4 heterocycles. The second-order valence-electron chi connectivity index (χ2n) is 10.5. The SMILES string of the molecule is c1ccc(-c2ccc3oc4cc5oc6ccc(-c7ccc(-c8cn9ccccc9n8)cc7)cc6c5cc4c3c2)cc1. The summed E-state index contributed by atoms with van der Waals surface area (Å²) in [5.41, 5.74) is 11.1. The van der Waals surface area contributed by atoms with Gasteiger partial charge in [-0.2, -0.15) is 0 Å². The van der Waals surface area contributed by atoms with E-state index in [1.54, 1.807) is 0 Å². The molecule has 5 aromatic carbocycles. The molecule has 0 radical (unpaired) electrons. The van der Waals surface area contributed by atoms with Crippen molar-refractivity contribution >= 4 is 49.5 Å². The van der Waals surface area contributed by atoms with Crippen LogP contribution < -0.4 is 0 Å². The van der Waals surface area contributed by atoms with Crippen molar-refractivity contribution in [2.45, 2.75) is 0 Å². The van der Waals surface area contributed by atoms with Gasteiger partial charge in [0.15, 0.2) is 0 Å². The Kier molecular flexibility index (Phi) is 4.58. The zero-order chi connectivity index (χ0) is 26.9. The summed E-state index contributed by atoms with van der Waals surface area (Å²) < 4.78 is 14.6. The number of aromatic nitrogens is 2. The fourth-order valence-electron chi connectivity index (χ4n) is 5.94. The van der Waals surface area contributed by atoms with Crippen molar-refractivity contribution in [1.29, 1.82) is 0 Å². The lowest BCUT2D eigenvalue weighted by atomic mass is 10.00. The summed E-state index contributed by atoms with van der Waals surface area (Å²) in [5.74, 6) is 0. The first-order valence-corrected chi connectivity index (χ1v) is 13.7. The van der Waals surface area contributed by atoms with Crippen LogP contribution in [-0.4, -0.2) is 9.38 Å². The highest BCUT2D eigenvalue weighted by Crippen LogP contribution is 2.39. The van der Waals surface area contributed by atoms with Crippen molar-refractivity contribution in [3.8, 4) is 33.5 Å². The largest absolute Gasteiger partial charge is 0.456 e. The average molecular weight is 527 g/mol. The maximum absolute atomic E-state index is 6.28. The lowest BCUT2D eigenvalue weighted by Crippen LogP contribution is -1.81. The van der Waals surface area contributed by atoms with Crippen LogP contribution >= 0.6 is 0 Å². The second kappa shape index (κ2) is 8.44. The minimum Gasteiger partial charge on any atom is -0.456 e. The minimum absolute atomic E-state index is 0.828. The Morgan fingerprint density at radius 2 is 1.00 bits per heavy atom. The zero-order valence-corrected chi connectivity index (χ0v) is 21.9. The first-order chi connectivity index (χ1) is 20.3. The normalized spacial score (nSPS) is 11.9. The van der Waals surface area contributed by atoms with Crippen molar-refractivity contribution in [1.82, 2.24) is 9.38 Å². The number of rotatable bonds is 3. The summed E-state index contributed by atoms with van der Waals surface area (Å²) in [6, 6.07) is 42.1. The molecule has 0 N–H and O–H groups in total. The van der Waals surface area contributed by atoms with Crippen LogP contribution in [0.4, 0.5) is 0 Å². The highest BCUT2D eigenvalue weighted by molar-refractivity contribution is 6.16. The molecule has 4 nitrogen and oxygen atoms in total. The van der Waals surface area contributed by atoms with Gasteiger partial charge in [-0.25, -0.2) is 4.98 Å². The van der Waals surface area contributed by atoms with E-state index in [0.717, 1.165) is 71.9 Å². The van der Waals surface area contributed by atoms with Gasteiger partial charge >= 0.3 is 0 Å². The van der Waals surface area contributed by atoms with E-state index in [-0.39, 0.29) is 0 Å². The molecule has 9 rings (SSSR count). The molecule has 0 atom stereocenters. The number of hydrogen-bond acceptors (Lipinski definition) is 3. The maximum Gasteiger partial charge on any atom is 0.139 e. The molecule has 0 spiro atoms. The third-order valence-electron chi connectivity index (χ3n) is 8.05. The molecule has 0 bridgehead atoms. The molecule has 0 aliphatic rings. The third-order valence-corrected chi connectivity index (χ3v) is 8.05. The van der Waals surface area contributed by atoms with Crippen molar-refractivity contribution in [3.63, 3.8) is 0 Å². The lowest BCUT2D eigenvalue weighted by molar-refractivity contribution is 0.656. The molecule has 0 fully saturated rings. The Morgan fingerprint density at radius 1 is 0.439 bits per heavy atom. The van der Waals surface area contributed by atoms with Crippen LogP contribution in [0.1, 0.15) is 0 Å². The van der Waals surface area contributed by atoms with E-state index >= 15 is 0 Å². The Balaban J connectivity index is 1.15. The molecule has 0 unspecified atom stereocenters. The van der Waals surface area contributed by atoms with E-state index in [1.807, 2.05) is 40.9 Å². The molecular weight excluding hydrogens is 504 g/mol. The minimum atomic E-state index is 0.828. The van der Waals surface area contributed by atoms with Gasteiger partial charge in [0.05, 0.1) is 5.69 Å². The van der Waals surface area contributed by atoms with Crippen LogP contribution in [0.3, 0.4) is 0 Å². The topological polar surface area (TPSA) is 43.6 Å². The molecule has 0 saturated carbocycles. The van der Waals surface area contributed by atoms with Crippen LogP contribution in [-0.2, 0) is 0 Å². The summed E-state index contributed by atoms with van der Waals surface area (Å²) in [6.07, 6.45) is 4.09. The lowest BCUT2D eigenvalue weighted by Gasteiger charge is -2.04. The van der Waals surface area contributed by atoms with Crippen LogP contribution in [0.2, 0.25) is 0 Å². The van der Waals surface area contributed by atoms with E-state index in [1.165, 1.54) is 11.1 Å². The first kappa shape index (κ1) is 22.2. The van der Waals surface area contributed by atoms with Gasteiger partial charge in [0.1, 0.15) is 28.0 Å².